The van der Waals surface area contributed by atoms with Gasteiger partial charge in [-0.15, -0.1) is 0 Å². The zero-order chi connectivity index (χ0) is 14.7. The van der Waals surface area contributed by atoms with Crippen molar-refractivity contribution in [2.75, 3.05) is 5.32 Å². The first-order valence-electron chi connectivity index (χ1n) is 5.34. The third-order valence-electron chi connectivity index (χ3n) is 2.43. The molecule has 0 aliphatic carbocycles. The number of nitro benzene ring substituents is 1. The molecule has 0 fully saturated rings. The molecule has 0 spiro atoms. The van der Waals surface area contributed by atoms with Gasteiger partial charge >= 0.3 is 0 Å². The summed E-state index contributed by atoms with van der Waals surface area (Å²) in [5, 5.41) is 13.1. The molecule has 1 heterocycles. The second kappa shape index (κ2) is 5.74. The van der Waals surface area contributed by atoms with Crippen molar-refractivity contribution in [3.05, 3.63) is 62.6 Å². The van der Waals surface area contributed by atoms with Crippen molar-refractivity contribution in [1.82, 2.24) is 4.98 Å². The minimum absolute atomic E-state index is 0.181. The van der Waals surface area contributed by atoms with Crippen LogP contribution >= 0.6 is 15.9 Å². The molecule has 102 valence electrons. The van der Waals surface area contributed by atoms with E-state index in [2.05, 4.69) is 26.2 Å². The van der Waals surface area contributed by atoms with Crippen molar-refractivity contribution < 1.29 is 14.1 Å². The first-order chi connectivity index (χ1) is 9.49. The average molecular weight is 340 g/mol. The Morgan fingerprint density at radius 3 is 2.80 bits per heavy atom. The number of pyridine rings is 1. The van der Waals surface area contributed by atoms with Crippen LogP contribution in [0.2, 0.25) is 0 Å². The highest BCUT2D eigenvalue weighted by molar-refractivity contribution is 9.10. The number of benzene rings is 1. The number of nitro groups is 1. The van der Waals surface area contributed by atoms with Gasteiger partial charge in [-0.25, -0.2) is 4.39 Å². The van der Waals surface area contributed by atoms with Gasteiger partial charge in [-0.3, -0.25) is 19.9 Å². The number of hydrogen-bond donors (Lipinski definition) is 1. The number of halogens is 2. The van der Waals surface area contributed by atoms with Crippen LogP contribution in [0.1, 0.15) is 10.4 Å². The molecule has 0 saturated carbocycles. The number of anilines is 1. The summed E-state index contributed by atoms with van der Waals surface area (Å²) in [6.07, 6.45) is 2.19. The topological polar surface area (TPSA) is 85.1 Å². The van der Waals surface area contributed by atoms with Gasteiger partial charge in [0.25, 0.3) is 11.6 Å². The van der Waals surface area contributed by atoms with Gasteiger partial charge in [0, 0.05) is 22.8 Å². The lowest BCUT2D eigenvalue weighted by Gasteiger charge is -2.07. The number of nitrogens with one attached hydrogen (secondary N) is 1. The van der Waals surface area contributed by atoms with E-state index in [0.29, 0.717) is 4.47 Å². The Kier molecular flexibility index (Phi) is 4.04. The zero-order valence-electron chi connectivity index (χ0n) is 9.84. The number of carbonyl (C=O) groups is 1. The molecule has 20 heavy (non-hydrogen) atoms. The number of aromatic nitrogens is 1. The quantitative estimate of drug-likeness (QED) is 0.687. The molecule has 0 aliphatic rings. The molecule has 0 unspecified atom stereocenters. The van der Waals surface area contributed by atoms with E-state index in [1.54, 1.807) is 0 Å². The van der Waals surface area contributed by atoms with Crippen LogP contribution in [-0.4, -0.2) is 15.8 Å². The lowest BCUT2D eigenvalue weighted by Crippen LogP contribution is -2.14. The average Bonchev–Trinajstić information content (AvgIpc) is 2.41. The number of rotatable bonds is 3. The number of hydrogen-bond acceptors (Lipinski definition) is 4. The minimum atomic E-state index is -0.772. The Morgan fingerprint density at radius 2 is 2.15 bits per heavy atom. The summed E-state index contributed by atoms with van der Waals surface area (Å²) in [5.41, 5.74) is -0.197. The molecule has 0 aliphatic heterocycles. The van der Waals surface area contributed by atoms with Gasteiger partial charge in [0.2, 0.25) is 0 Å². The van der Waals surface area contributed by atoms with Crippen LogP contribution < -0.4 is 5.32 Å². The molecule has 0 bridgehead atoms. The van der Waals surface area contributed by atoms with Crippen LogP contribution in [0.15, 0.2) is 41.1 Å². The van der Waals surface area contributed by atoms with Gasteiger partial charge in [0.1, 0.15) is 0 Å². The van der Waals surface area contributed by atoms with Crippen LogP contribution in [0.4, 0.5) is 15.8 Å². The van der Waals surface area contributed by atoms with Gasteiger partial charge in [-0.2, -0.15) is 0 Å². The number of non-ortho nitro benzene ring substituents is 1. The molecule has 6 nitrogen and oxygen atoms in total. The Bertz CT molecular complexity index is 693. The predicted molar refractivity (Wildman–Crippen MR) is 72.9 cm³/mol. The lowest BCUT2D eigenvalue weighted by atomic mass is 10.2. The summed E-state index contributed by atoms with van der Waals surface area (Å²) in [7, 11) is 0. The predicted octanol–water partition coefficient (Wildman–Crippen LogP) is 3.14. The van der Waals surface area contributed by atoms with Crippen LogP contribution in [0.25, 0.3) is 0 Å². The highest BCUT2D eigenvalue weighted by Gasteiger charge is 2.15. The standard InChI is InChI=1S/C12H7BrFN3O3/c13-9-2-1-7(17(19)20)5-11(9)16-12(18)8-3-4-15-6-10(8)14/h1-6H,(H,16,18). The molecule has 0 saturated heterocycles. The Balaban J connectivity index is 2.30. The van der Waals surface area contributed by atoms with Crippen LogP contribution in [-0.2, 0) is 0 Å². The molecule has 1 aromatic carbocycles. The Morgan fingerprint density at radius 1 is 1.40 bits per heavy atom. The maximum absolute atomic E-state index is 13.4. The molecule has 2 aromatic rings. The molecule has 0 radical (unpaired) electrons. The normalized spacial score (nSPS) is 10.1. The molecular formula is C12H7BrFN3O3. The molecule has 1 aromatic heterocycles. The van der Waals surface area contributed by atoms with E-state index >= 15 is 0 Å². The van der Waals surface area contributed by atoms with Gasteiger partial charge in [0.05, 0.1) is 22.4 Å². The first-order valence-corrected chi connectivity index (χ1v) is 6.13. The summed E-state index contributed by atoms with van der Waals surface area (Å²) in [5.74, 6) is -1.49. The summed E-state index contributed by atoms with van der Waals surface area (Å²) in [4.78, 5) is 25.5. The maximum atomic E-state index is 13.4. The van der Waals surface area contributed by atoms with E-state index in [-0.39, 0.29) is 16.9 Å². The van der Waals surface area contributed by atoms with E-state index in [9.17, 15) is 19.3 Å². The van der Waals surface area contributed by atoms with Gasteiger partial charge in [-0.05, 0) is 28.1 Å². The van der Waals surface area contributed by atoms with Crippen molar-refractivity contribution in [3.63, 3.8) is 0 Å². The second-order valence-electron chi connectivity index (χ2n) is 3.73. The van der Waals surface area contributed by atoms with Crippen LogP contribution in [0.5, 0.6) is 0 Å². The number of nitrogens with zero attached hydrogens (tertiary/aromatic N) is 2. The maximum Gasteiger partial charge on any atom is 0.271 e. The summed E-state index contributed by atoms with van der Waals surface area (Å²) < 4.78 is 13.9. The fraction of sp³-hybridized carbons (Fsp3) is 0. The van der Waals surface area contributed by atoms with Crippen LogP contribution in [0, 0.1) is 15.9 Å². The van der Waals surface area contributed by atoms with E-state index in [1.807, 2.05) is 0 Å². The fourth-order valence-corrected chi connectivity index (χ4v) is 1.82. The molecular weight excluding hydrogens is 333 g/mol. The smallest absolute Gasteiger partial charge is 0.271 e. The van der Waals surface area contributed by atoms with Gasteiger partial charge in [-0.1, -0.05) is 0 Å². The molecule has 0 atom stereocenters. The van der Waals surface area contributed by atoms with E-state index in [0.717, 1.165) is 6.20 Å². The summed E-state index contributed by atoms with van der Waals surface area (Å²) >= 11 is 3.16. The Hall–Kier alpha value is -2.35. The minimum Gasteiger partial charge on any atom is -0.321 e. The van der Waals surface area contributed by atoms with Crippen molar-refractivity contribution in [1.29, 1.82) is 0 Å². The van der Waals surface area contributed by atoms with Crippen molar-refractivity contribution >= 4 is 33.2 Å². The van der Waals surface area contributed by atoms with Crippen molar-refractivity contribution in [3.8, 4) is 0 Å². The summed E-state index contributed by atoms with van der Waals surface area (Å²) in [6.45, 7) is 0. The second-order valence-corrected chi connectivity index (χ2v) is 4.59. The fourth-order valence-electron chi connectivity index (χ4n) is 1.47. The molecule has 1 amide bonds. The SMILES string of the molecule is O=C(Nc1cc([N+](=O)[O-])ccc1Br)c1ccncc1F. The van der Waals surface area contributed by atoms with E-state index < -0.39 is 16.6 Å². The Labute approximate surface area is 120 Å². The monoisotopic (exact) mass is 339 g/mol. The van der Waals surface area contributed by atoms with Crippen LogP contribution in [0.3, 0.4) is 0 Å². The first kappa shape index (κ1) is 14.1. The molecule has 8 heteroatoms. The third kappa shape index (κ3) is 2.97. The largest absolute Gasteiger partial charge is 0.321 e. The van der Waals surface area contributed by atoms with E-state index in [4.69, 9.17) is 0 Å². The number of amides is 1. The van der Waals surface area contributed by atoms with Gasteiger partial charge < -0.3 is 5.32 Å². The lowest BCUT2D eigenvalue weighted by molar-refractivity contribution is -0.384. The highest BCUT2D eigenvalue weighted by Crippen LogP contribution is 2.27. The molecule has 2 rings (SSSR count). The van der Waals surface area contributed by atoms with Gasteiger partial charge in [0.15, 0.2) is 5.82 Å². The van der Waals surface area contributed by atoms with E-state index in [1.165, 1.54) is 30.5 Å². The zero-order valence-corrected chi connectivity index (χ0v) is 11.4. The highest BCUT2D eigenvalue weighted by atomic mass is 79.9. The van der Waals surface area contributed by atoms with Crippen molar-refractivity contribution in [2.24, 2.45) is 0 Å². The number of carbonyl (C=O) groups excluding carboxylic acids is 1. The molecule has 1 N–H and O–H groups in total. The summed E-state index contributed by atoms with van der Waals surface area (Å²) in [6, 6.07) is 5.11. The van der Waals surface area contributed by atoms with Crippen molar-refractivity contribution in [2.45, 2.75) is 0 Å². The third-order valence-corrected chi connectivity index (χ3v) is 3.12.